The van der Waals surface area contributed by atoms with E-state index in [0.29, 0.717) is 0 Å². The first kappa shape index (κ1) is 22.5. The predicted octanol–water partition coefficient (Wildman–Crippen LogP) is -6.06. The van der Waals surface area contributed by atoms with Crippen molar-refractivity contribution < 1.29 is 81.2 Å². The molecule has 0 bridgehead atoms. The minimum Gasteiger partial charge on any atom is -1.00 e. The van der Waals surface area contributed by atoms with Gasteiger partial charge in [-0.15, -0.1) is 0 Å². The van der Waals surface area contributed by atoms with E-state index in [1.807, 2.05) is 0 Å². The molecule has 0 aromatic rings. The van der Waals surface area contributed by atoms with Crippen LogP contribution in [0, 0.1) is 0 Å². The first-order chi connectivity index (χ1) is 2.00. The monoisotopic (exact) mass is 162 g/mol. The molecule has 7 heteroatoms. The van der Waals surface area contributed by atoms with Crippen LogP contribution in [0.3, 0.4) is 0 Å². The summed E-state index contributed by atoms with van der Waals surface area (Å²) in [4.78, 5) is 21.6. The smallest absolute Gasteiger partial charge is 1.00 e. The molecule has 0 atom stereocenters. The quantitative estimate of drug-likeness (QED) is 0.245. The van der Waals surface area contributed by atoms with E-state index < -0.39 is 7.82 Å². The van der Waals surface area contributed by atoms with E-state index in [2.05, 4.69) is 0 Å². The average molecular weight is 162 g/mol. The summed E-state index contributed by atoms with van der Waals surface area (Å²) >= 11 is 0. The van der Waals surface area contributed by atoms with Crippen LogP contribution in [0.15, 0.2) is 0 Å². The van der Waals surface area contributed by atoms with Crippen molar-refractivity contribution in [1.82, 2.24) is 0 Å². The average Bonchev–Trinajstić information content (AvgIpc) is 0.722. The Morgan fingerprint density at radius 3 is 1.12 bits per heavy atom. The molecule has 0 heterocycles. The maximum Gasteiger partial charge on any atom is 1.00 e. The molecule has 0 aromatic heterocycles. The van der Waals surface area contributed by atoms with Gasteiger partial charge in [-0.1, -0.05) is 7.43 Å². The van der Waals surface area contributed by atoms with Gasteiger partial charge in [-0.3, -0.25) is 0 Å². The molecule has 0 saturated heterocycles. The van der Waals surface area contributed by atoms with Crippen molar-refractivity contribution in [2.75, 3.05) is 0 Å². The Morgan fingerprint density at radius 2 is 1.12 bits per heavy atom. The van der Waals surface area contributed by atoms with Crippen molar-refractivity contribution in [3.63, 3.8) is 0 Å². The molecule has 0 saturated carbocycles. The fourth-order valence-electron chi connectivity index (χ4n) is 0. The topological polar surface area (TPSA) is 77.8 Å². The third-order valence-electron chi connectivity index (χ3n) is 0. The maximum atomic E-state index is 8.88. The number of hydrogen-bond donors (Lipinski definition) is 3. The first-order valence-corrected chi connectivity index (χ1v) is 2.35. The van der Waals surface area contributed by atoms with Gasteiger partial charge in [0.15, 0.2) is 0 Å². The Morgan fingerprint density at radius 1 is 1.12 bits per heavy atom. The van der Waals surface area contributed by atoms with Gasteiger partial charge in [-0.05, 0) is 0 Å². The fraction of sp³-hybridized carbons (Fsp3) is 1.00. The molecule has 44 valence electrons. The molecule has 0 fully saturated rings. The summed E-state index contributed by atoms with van der Waals surface area (Å²) in [5.41, 5.74) is 0. The van der Waals surface area contributed by atoms with E-state index >= 15 is 0 Å². The normalized spacial score (nSPS) is 7.38. The SMILES string of the molecule is C.O=P(O)(O)O.[H-].[H-].[Na+].[Na+]. The summed E-state index contributed by atoms with van der Waals surface area (Å²) in [5, 5.41) is 0. The van der Waals surface area contributed by atoms with Crippen LogP contribution in [0.25, 0.3) is 0 Å². The van der Waals surface area contributed by atoms with E-state index in [4.69, 9.17) is 19.2 Å². The van der Waals surface area contributed by atoms with Gasteiger partial charge in [-0.25, -0.2) is 4.57 Å². The zero-order valence-electron chi connectivity index (χ0n) is 6.20. The molecule has 0 rings (SSSR count). The zero-order chi connectivity index (χ0) is 4.50. The molecule has 8 heavy (non-hydrogen) atoms. The zero-order valence-corrected chi connectivity index (χ0v) is 9.09. The van der Waals surface area contributed by atoms with Crippen molar-refractivity contribution in [3.8, 4) is 0 Å². The Bertz CT molecular complexity index is 67.4. The molecule has 3 N–H and O–H groups in total. The van der Waals surface area contributed by atoms with Crippen LogP contribution in [0.1, 0.15) is 10.3 Å². The van der Waals surface area contributed by atoms with Crippen LogP contribution < -0.4 is 59.1 Å². The van der Waals surface area contributed by atoms with Gasteiger partial charge in [0.25, 0.3) is 0 Å². The molecule has 0 radical (unpaired) electrons. The van der Waals surface area contributed by atoms with Gasteiger partial charge in [-0.2, -0.15) is 0 Å². The van der Waals surface area contributed by atoms with Gasteiger partial charge >= 0.3 is 66.9 Å². The van der Waals surface area contributed by atoms with Gasteiger partial charge in [0.1, 0.15) is 0 Å². The molecular weight excluding hydrogens is 153 g/mol. The Labute approximate surface area is 95.5 Å². The van der Waals surface area contributed by atoms with Crippen LogP contribution in [0.2, 0.25) is 0 Å². The van der Waals surface area contributed by atoms with E-state index in [1.54, 1.807) is 0 Å². The maximum absolute atomic E-state index is 8.88. The minimum absolute atomic E-state index is 0. The van der Waals surface area contributed by atoms with Crippen LogP contribution in [0.5, 0.6) is 0 Å². The second-order valence-corrected chi connectivity index (χ2v) is 1.54. The van der Waals surface area contributed by atoms with E-state index in [9.17, 15) is 0 Å². The van der Waals surface area contributed by atoms with Crippen molar-refractivity contribution in [2.24, 2.45) is 0 Å². The molecule has 0 aliphatic carbocycles. The number of rotatable bonds is 0. The molecule has 0 aromatic carbocycles. The van der Waals surface area contributed by atoms with Gasteiger partial charge in [0.05, 0.1) is 0 Å². The summed E-state index contributed by atoms with van der Waals surface area (Å²) in [6.45, 7) is 0. The second-order valence-electron chi connectivity index (χ2n) is 0.513. The van der Waals surface area contributed by atoms with Gasteiger partial charge in [0, 0.05) is 0 Å². The van der Waals surface area contributed by atoms with Crippen LogP contribution in [-0.2, 0) is 4.57 Å². The fourth-order valence-corrected chi connectivity index (χ4v) is 0. The molecule has 0 aliphatic rings. The van der Waals surface area contributed by atoms with Gasteiger partial charge in [0.2, 0.25) is 0 Å². The summed E-state index contributed by atoms with van der Waals surface area (Å²) in [5.74, 6) is 0. The Kier molecular flexibility index (Phi) is 25.6. The second kappa shape index (κ2) is 9.11. The minimum atomic E-state index is -4.64. The third-order valence-corrected chi connectivity index (χ3v) is 0. The summed E-state index contributed by atoms with van der Waals surface area (Å²) < 4.78 is 8.88. The summed E-state index contributed by atoms with van der Waals surface area (Å²) in [7, 11) is -4.64. The standard InChI is InChI=1S/CH4.2Na.H3O4P.2H/c;;;1-5(2,3)4;;/h1H4;;;(H3,1,2,3,4);;/q;2*+1;;2*-1. The Balaban J connectivity index is -0.00000000800. The molecule has 0 aliphatic heterocycles. The van der Waals surface area contributed by atoms with Crippen LogP contribution in [0.4, 0.5) is 0 Å². The number of hydrogen-bond acceptors (Lipinski definition) is 1. The van der Waals surface area contributed by atoms with Gasteiger partial charge < -0.3 is 17.5 Å². The Hall–Kier alpha value is 2.11. The van der Waals surface area contributed by atoms with Crippen molar-refractivity contribution >= 4 is 7.82 Å². The van der Waals surface area contributed by atoms with Crippen molar-refractivity contribution in [2.45, 2.75) is 7.43 Å². The van der Waals surface area contributed by atoms with Crippen LogP contribution in [-0.4, -0.2) is 14.7 Å². The van der Waals surface area contributed by atoms with E-state index in [0.717, 1.165) is 0 Å². The summed E-state index contributed by atoms with van der Waals surface area (Å²) in [6, 6.07) is 0. The van der Waals surface area contributed by atoms with Crippen molar-refractivity contribution in [1.29, 1.82) is 0 Å². The largest absolute Gasteiger partial charge is 1.00 e. The van der Waals surface area contributed by atoms with Crippen molar-refractivity contribution in [3.05, 3.63) is 0 Å². The molecule has 0 unspecified atom stereocenters. The van der Waals surface area contributed by atoms with E-state index in [-0.39, 0.29) is 69.4 Å². The molecule has 0 amide bonds. The third kappa shape index (κ3) is 92.1. The van der Waals surface area contributed by atoms with E-state index in [1.165, 1.54) is 0 Å². The summed E-state index contributed by atoms with van der Waals surface area (Å²) in [6.07, 6.45) is 0. The molecule has 0 spiro atoms. The predicted molar refractivity (Wildman–Crippen MR) is 23.2 cm³/mol. The molecule has 4 nitrogen and oxygen atoms in total. The number of phosphoric acid groups is 1. The first-order valence-electron chi connectivity index (χ1n) is 0.783. The molecular formula is CH9Na2O4P. The van der Waals surface area contributed by atoms with Crippen LogP contribution >= 0.6 is 7.82 Å².